The minimum atomic E-state index is 0.365. The summed E-state index contributed by atoms with van der Waals surface area (Å²) in [5.41, 5.74) is 6.18. The first-order chi connectivity index (χ1) is 5.87. The molecule has 0 aromatic rings. The van der Waals surface area contributed by atoms with Crippen LogP contribution >= 0.6 is 0 Å². The molecular formula is C9H18N2O. The Morgan fingerprint density at radius 2 is 1.92 bits per heavy atom. The summed E-state index contributed by atoms with van der Waals surface area (Å²) >= 11 is 0. The van der Waals surface area contributed by atoms with Crippen LogP contribution in [-0.2, 0) is 4.74 Å². The van der Waals surface area contributed by atoms with Crippen LogP contribution in [0.2, 0.25) is 0 Å². The van der Waals surface area contributed by atoms with Gasteiger partial charge in [-0.2, -0.15) is 0 Å². The Morgan fingerprint density at radius 1 is 1.25 bits per heavy atom. The van der Waals surface area contributed by atoms with Crippen LogP contribution in [0.15, 0.2) is 0 Å². The fraction of sp³-hybridized carbons (Fsp3) is 1.00. The summed E-state index contributed by atoms with van der Waals surface area (Å²) in [5.74, 6) is 0. The summed E-state index contributed by atoms with van der Waals surface area (Å²) in [6, 6.07) is 0. The van der Waals surface area contributed by atoms with Gasteiger partial charge in [0.2, 0.25) is 0 Å². The van der Waals surface area contributed by atoms with Crippen molar-refractivity contribution in [2.24, 2.45) is 5.73 Å². The number of nitrogens with two attached hydrogens (primary N) is 1. The molecule has 2 fully saturated rings. The average Bonchev–Trinajstić information content (AvgIpc) is 2.05. The highest BCUT2D eigenvalue weighted by Crippen LogP contribution is 2.36. The maximum Gasteiger partial charge on any atom is 0.0594 e. The fourth-order valence-corrected chi connectivity index (χ4v) is 2.27. The number of nitrogens with zero attached hydrogens (tertiary/aromatic N) is 1. The summed E-state index contributed by atoms with van der Waals surface area (Å²) in [4.78, 5) is 2.53. The van der Waals surface area contributed by atoms with Crippen molar-refractivity contribution in [3.05, 3.63) is 0 Å². The van der Waals surface area contributed by atoms with E-state index in [0.717, 1.165) is 32.8 Å². The molecule has 0 unspecified atom stereocenters. The minimum Gasteiger partial charge on any atom is -0.379 e. The number of hydrogen-bond acceptors (Lipinski definition) is 3. The third kappa shape index (κ3) is 1.26. The highest BCUT2D eigenvalue weighted by atomic mass is 16.5. The molecule has 2 N–H and O–H groups in total. The molecule has 0 aromatic heterocycles. The van der Waals surface area contributed by atoms with E-state index in [4.69, 9.17) is 10.5 Å². The predicted octanol–water partition coefficient (Wildman–Crippen LogP) is 0.200. The molecule has 1 saturated heterocycles. The van der Waals surface area contributed by atoms with Gasteiger partial charge < -0.3 is 10.5 Å². The molecule has 1 aliphatic heterocycles. The zero-order chi connectivity index (χ0) is 8.44. The molecule has 3 heteroatoms. The molecule has 1 heterocycles. The van der Waals surface area contributed by atoms with Crippen LogP contribution in [0.25, 0.3) is 0 Å². The third-order valence-corrected chi connectivity index (χ3v) is 3.35. The Morgan fingerprint density at radius 3 is 2.33 bits per heavy atom. The predicted molar refractivity (Wildman–Crippen MR) is 48.0 cm³/mol. The van der Waals surface area contributed by atoms with Crippen molar-refractivity contribution in [1.29, 1.82) is 0 Å². The first-order valence-electron chi connectivity index (χ1n) is 4.90. The van der Waals surface area contributed by atoms with Gasteiger partial charge in [-0.1, -0.05) is 0 Å². The number of morpholine rings is 1. The lowest BCUT2D eigenvalue weighted by Crippen LogP contribution is -2.61. The van der Waals surface area contributed by atoms with Crippen molar-refractivity contribution in [3.8, 4) is 0 Å². The van der Waals surface area contributed by atoms with E-state index < -0.39 is 0 Å². The first-order valence-corrected chi connectivity index (χ1v) is 4.90. The largest absolute Gasteiger partial charge is 0.379 e. The first kappa shape index (κ1) is 8.48. The molecule has 0 radical (unpaired) electrons. The molecule has 2 rings (SSSR count). The van der Waals surface area contributed by atoms with E-state index in [1.54, 1.807) is 0 Å². The number of rotatable bonds is 2. The van der Waals surface area contributed by atoms with E-state index in [1.807, 2.05) is 0 Å². The Labute approximate surface area is 73.9 Å². The summed E-state index contributed by atoms with van der Waals surface area (Å²) in [7, 11) is 0. The molecule has 0 atom stereocenters. The van der Waals surface area contributed by atoms with Crippen molar-refractivity contribution in [3.63, 3.8) is 0 Å². The normalized spacial score (nSPS) is 29.8. The molecule has 0 spiro atoms. The molecule has 1 aliphatic carbocycles. The van der Waals surface area contributed by atoms with E-state index in [0.29, 0.717) is 5.54 Å². The van der Waals surface area contributed by atoms with Crippen molar-refractivity contribution in [2.45, 2.75) is 24.8 Å². The van der Waals surface area contributed by atoms with Crippen LogP contribution in [0.4, 0.5) is 0 Å². The van der Waals surface area contributed by atoms with E-state index in [-0.39, 0.29) is 0 Å². The van der Waals surface area contributed by atoms with Crippen LogP contribution < -0.4 is 5.73 Å². The lowest BCUT2D eigenvalue weighted by atomic mass is 9.75. The maximum absolute atomic E-state index is 5.82. The number of hydrogen-bond donors (Lipinski definition) is 1. The average molecular weight is 170 g/mol. The molecule has 0 aromatic carbocycles. The Kier molecular flexibility index (Phi) is 2.35. The van der Waals surface area contributed by atoms with E-state index >= 15 is 0 Å². The molecular weight excluding hydrogens is 152 g/mol. The van der Waals surface area contributed by atoms with Gasteiger partial charge in [0.1, 0.15) is 0 Å². The molecule has 0 amide bonds. The van der Waals surface area contributed by atoms with Crippen molar-refractivity contribution in [1.82, 2.24) is 4.90 Å². The van der Waals surface area contributed by atoms with Crippen molar-refractivity contribution >= 4 is 0 Å². The van der Waals surface area contributed by atoms with Gasteiger partial charge in [0.05, 0.1) is 13.2 Å². The van der Waals surface area contributed by atoms with Crippen LogP contribution in [0.5, 0.6) is 0 Å². The molecule has 12 heavy (non-hydrogen) atoms. The second kappa shape index (κ2) is 3.32. The Hall–Kier alpha value is -0.120. The van der Waals surface area contributed by atoms with Crippen LogP contribution in [0.1, 0.15) is 19.3 Å². The van der Waals surface area contributed by atoms with E-state index in [1.165, 1.54) is 19.3 Å². The summed E-state index contributed by atoms with van der Waals surface area (Å²) in [6.07, 6.45) is 3.95. The summed E-state index contributed by atoms with van der Waals surface area (Å²) < 4.78 is 5.33. The maximum atomic E-state index is 5.82. The van der Waals surface area contributed by atoms with Crippen molar-refractivity contribution in [2.75, 3.05) is 32.8 Å². The van der Waals surface area contributed by atoms with Crippen LogP contribution in [-0.4, -0.2) is 43.3 Å². The van der Waals surface area contributed by atoms with Gasteiger partial charge in [0.15, 0.2) is 0 Å². The van der Waals surface area contributed by atoms with Gasteiger partial charge in [-0.15, -0.1) is 0 Å². The van der Waals surface area contributed by atoms with Gasteiger partial charge >= 0.3 is 0 Å². The highest BCUT2D eigenvalue weighted by Gasteiger charge is 2.41. The number of ether oxygens (including phenoxy) is 1. The van der Waals surface area contributed by atoms with E-state index in [2.05, 4.69) is 4.90 Å². The van der Waals surface area contributed by atoms with Gasteiger partial charge in [-0.25, -0.2) is 0 Å². The monoisotopic (exact) mass is 170 g/mol. The minimum absolute atomic E-state index is 0.365. The SMILES string of the molecule is NCC1(N2CCOCC2)CCC1. The quantitative estimate of drug-likeness (QED) is 0.643. The van der Waals surface area contributed by atoms with Gasteiger partial charge in [0, 0.05) is 25.2 Å². The lowest BCUT2D eigenvalue weighted by molar-refractivity contribution is -0.0512. The Bertz CT molecular complexity index is 145. The molecule has 2 aliphatic rings. The zero-order valence-electron chi connectivity index (χ0n) is 7.59. The van der Waals surface area contributed by atoms with Crippen molar-refractivity contribution < 1.29 is 4.74 Å². The van der Waals surface area contributed by atoms with Gasteiger partial charge in [-0.3, -0.25) is 4.90 Å². The second-order valence-electron chi connectivity index (χ2n) is 3.88. The van der Waals surface area contributed by atoms with Crippen LogP contribution in [0.3, 0.4) is 0 Å². The van der Waals surface area contributed by atoms with Gasteiger partial charge in [0.25, 0.3) is 0 Å². The smallest absolute Gasteiger partial charge is 0.0594 e. The lowest BCUT2D eigenvalue weighted by Gasteiger charge is -2.51. The standard InChI is InChI=1S/C9H18N2O/c10-8-9(2-1-3-9)11-4-6-12-7-5-11/h1-8,10H2. The van der Waals surface area contributed by atoms with E-state index in [9.17, 15) is 0 Å². The second-order valence-corrected chi connectivity index (χ2v) is 3.88. The Balaban J connectivity index is 1.95. The third-order valence-electron chi connectivity index (χ3n) is 3.35. The molecule has 3 nitrogen and oxygen atoms in total. The zero-order valence-corrected chi connectivity index (χ0v) is 7.59. The summed E-state index contributed by atoms with van der Waals surface area (Å²) in [6.45, 7) is 4.77. The molecule has 70 valence electrons. The fourth-order valence-electron chi connectivity index (χ4n) is 2.27. The molecule has 1 saturated carbocycles. The summed E-state index contributed by atoms with van der Waals surface area (Å²) in [5, 5.41) is 0. The van der Waals surface area contributed by atoms with Crippen LogP contribution in [0, 0.1) is 0 Å². The van der Waals surface area contributed by atoms with Gasteiger partial charge in [-0.05, 0) is 19.3 Å². The molecule has 0 bridgehead atoms. The topological polar surface area (TPSA) is 38.5 Å². The highest BCUT2D eigenvalue weighted by molar-refractivity contribution is 4.99.